The van der Waals surface area contributed by atoms with E-state index in [9.17, 15) is 4.79 Å². The van der Waals surface area contributed by atoms with E-state index in [1.165, 1.54) is 0 Å². The Morgan fingerprint density at radius 2 is 2.00 bits per heavy atom. The number of nitrogens with zero attached hydrogens (tertiary/aromatic N) is 3. The molecule has 26 heavy (non-hydrogen) atoms. The summed E-state index contributed by atoms with van der Waals surface area (Å²) in [5.74, 6) is 0.308. The molecule has 0 spiro atoms. The first-order valence-electron chi connectivity index (χ1n) is 8.65. The van der Waals surface area contributed by atoms with Crippen molar-refractivity contribution in [2.45, 2.75) is 6.92 Å². The number of hydrogen-bond donors (Lipinski definition) is 3. The molecule has 1 aliphatic heterocycles. The van der Waals surface area contributed by atoms with E-state index in [0.717, 1.165) is 45.0 Å². The van der Waals surface area contributed by atoms with Crippen molar-refractivity contribution in [3.63, 3.8) is 0 Å². The average molecular weight is 356 g/mol. The predicted octanol–water partition coefficient (Wildman–Crippen LogP) is 1.36. The van der Waals surface area contributed by atoms with Crippen molar-refractivity contribution in [3.05, 3.63) is 41.7 Å². The maximum atomic E-state index is 12.4. The van der Waals surface area contributed by atoms with Gasteiger partial charge in [-0.25, -0.2) is 9.97 Å². The molecule has 1 aromatic heterocycles. The number of hydrogen-bond acceptors (Lipinski definition) is 7. The Hall–Kier alpha value is -2.71. The highest BCUT2D eigenvalue weighted by Gasteiger charge is 2.11. The molecule has 3 rings (SSSR count). The van der Waals surface area contributed by atoms with Crippen molar-refractivity contribution in [3.8, 4) is 0 Å². The average Bonchev–Trinajstić information content (AvgIpc) is 2.66. The van der Waals surface area contributed by atoms with Gasteiger partial charge < -0.3 is 21.1 Å². The van der Waals surface area contributed by atoms with Gasteiger partial charge in [0.1, 0.15) is 0 Å². The van der Waals surface area contributed by atoms with Crippen molar-refractivity contribution in [1.29, 1.82) is 0 Å². The highest BCUT2D eigenvalue weighted by Crippen LogP contribution is 2.15. The molecule has 8 nitrogen and oxygen atoms in total. The molecule has 0 aliphatic carbocycles. The fourth-order valence-corrected chi connectivity index (χ4v) is 2.72. The van der Waals surface area contributed by atoms with Crippen LogP contribution < -0.4 is 16.4 Å². The van der Waals surface area contributed by atoms with Crippen molar-refractivity contribution >= 4 is 23.2 Å². The topological polar surface area (TPSA) is 105 Å². The van der Waals surface area contributed by atoms with Crippen LogP contribution in [0.5, 0.6) is 0 Å². The fraction of sp³-hybridized carbons (Fsp3) is 0.389. The first-order valence-corrected chi connectivity index (χ1v) is 8.65. The number of aryl methyl sites for hydroxylation is 1. The third-order valence-corrected chi connectivity index (χ3v) is 4.23. The summed E-state index contributed by atoms with van der Waals surface area (Å²) in [6.45, 7) is 7.03. The molecule has 4 N–H and O–H groups in total. The molecule has 1 fully saturated rings. The molecule has 0 saturated carbocycles. The summed E-state index contributed by atoms with van der Waals surface area (Å²) >= 11 is 0. The van der Waals surface area contributed by atoms with Crippen LogP contribution in [0, 0.1) is 6.92 Å². The lowest BCUT2D eigenvalue weighted by molar-refractivity contribution is 0.0398. The number of amides is 1. The summed E-state index contributed by atoms with van der Waals surface area (Å²) in [7, 11) is 0. The van der Waals surface area contributed by atoms with Crippen LogP contribution in [0.2, 0.25) is 0 Å². The standard InChI is InChI=1S/C18H24N6O2/c1-13-2-3-14(19)10-16(13)17(25)23-15-11-21-18(22-12-15)20-4-5-24-6-8-26-9-7-24/h2-3,10-12H,4-9,19H2,1H3,(H,23,25)(H,20,21,22). The minimum atomic E-state index is -0.230. The quantitative estimate of drug-likeness (QED) is 0.671. The zero-order valence-electron chi connectivity index (χ0n) is 14.9. The van der Waals surface area contributed by atoms with Gasteiger partial charge in [-0.05, 0) is 24.6 Å². The Morgan fingerprint density at radius 1 is 1.27 bits per heavy atom. The number of nitrogens with two attached hydrogens (primary N) is 1. The smallest absolute Gasteiger partial charge is 0.256 e. The minimum absolute atomic E-state index is 0.230. The van der Waals surface area contributed by atoms with Gasteiger partial charge >= 0.3 is 0 Å². The van der Waals surface area contributed by atoms with Crippen LogP contribution in [-0.2, 0) is 4.74 Å². The summed E-state index contributed by atoms with van der Waals surface area (Å²) in [6, 6.07) is 5.25. The molecule has 1 amide bonds. The van der Waals surface area contributed by atoms with E-state index in [1.807, 2.05) is 13.0 Å². The number of benzene rings is 1. The van der Waals surface area contributed by atoms with Gasteiger partial charge in [-0.15, -0.1) is 0 Å². The summed E-state index contributed by atoms with van der Waals surface area (Å²) in [5, 5.41) is 5.98. The molecule has 138 valence electrons. The molecule has 0 bridgehead atoms. The van der Waals surface area contributed by atoms with Gasteiger partial charge in [0.15, 0.2) is 0 Å². The minimum Gasteiger partial charge on any atom is -0.399 e. The van der Waals surface area contributed by atoms with Crippen LogP contribution in [0.25, 0.3) is 0 Å². The lowest BCUT2D eigenvalue weighted by Crippen LogP contribution is -2.39. The van der Waals surface area contributed by atoms with Gasteiger partial charge in [0.05, 0.1) is 31.3 Å². The Morgan fingerprint density at radius 3 is 2.73 bits per heavy atom. The highest BCUT2D eigenvalue weighted by atomic mass is 16.5. The second-order valence-corrected chi connectivity index (χ2v) is 6.20. The highest BCUT2D eigenvalue weighted by molar-refractivity contribution is 6.05. The molecule has 0 atom stereocenters. The monoisotopic (exact) mass is 356 g/mol. The molecule has 1 aliphatic rings. The third kappa shape index (κ3) is 4.90. The maximum absolute atomic E-state index is 12.4. The van der Waals surface area contributed by atoms with Gasteiger partial charge in [0.25, 0.3) is 5.91 Å². The lowest BCUT2D eigenvalue weighted by atomic mass is 10.1. The number of aromatic nitrogens is 2. The first-order chi connectivity index (χ1) is 12.6. The summed E-state index contributed by atoms with van der Waals surface area (Å²) in [4.78, 5) is 23.2. The Bertz CT molecular complexity index is 744. The number of ether oxygens (including phenoxy) is 1. The number of rotatable bonds is 6. The van der Waals surface area contributed by atoms with Gasteiger partial charge in [-0.3, -0.25) is 9.69 Å². The summed E-state index contributed by atoms with van der Waals surface area (Å²) in [6.07, 6.45) is 3.17. The largest absolute Gasteiger partial charge is 0.399 e. The van der Waals surface area contributed by atoms with Crippen molar-refractivity contribution in [2.75, 3.05) is 55.8 Å². The third-order valence-electron chi connectivity index (χ3n) is 4.23. The number of nitrogens with one attached hydrogen (secondary N) is 2. The van der Waals surface area contributed by atoms with Gasteiger partial charge in [-0.1, -0.05) is 6.07 Å². The Labute approximate surface area is 152 Å². The van der Waals surface area contributed by atoms with Gasteiger partial charge in [0.2, 0.25) is 5.95 Å². The molecule has 1 saturated heterocycles. The lowest BCUT2D eigenvalue weighted by Gasteiger charge is -2.26. The molecular weight excluding hydrogens is 332 g/mol. The second kappa shape index (κ2) is 8.59. The van der Waals surface area contributed by atoms with E-state index < -0.39 is 0 Å². The number of carbonyl (C=O) groups is 1. The van der Waals surface area contributed by atoms with Crippen LogP contribution in [0.4, 0.5) is 17.3 Å². The maximum Gasteiger partial charge on any atom is 0.256 e. The SMILES string of the molecule is Cc1ccc(N)cc1C(=O)Nc1cnc(NCCN2CCOCC2)nc1. The van der Waals surface area contributed by atoms with Gasteiger partial charge in [-0.2, -0.15) is 0 Å². The Kier molecular flexibility index (Phi) is 5.98. The van der Waals surface area contributed by atoms with Crippen LogP contribution in [-0.4, -0.2) is 60.2 Å². The van der Waals surface area contributed by atoms with Crippen molar-refractivity contribution in [2.24, 2.45) is 0 Å². The summed E-state index contributed by atoms with van der Waals surface area (Å²) < 4.78 is 5.33. The molecule has 2 aromatic rings. The fourth-order valence-electron chi connectivity index (χ4n) is 2.72. The van der Waals surface area contributed by atoms with Crippen molar-refractivity contribution in [1.82, 2.24) is 14.9 Å². The number of anilines is 3. The van der Waals surface area contributed by atoms with E-state index in [-0.39, 0.29) is 5.91 Å². The normalized spacial score (nSPS) is 14.8. The van der Waals surface area contributed by atoms with E-state index in [0.29, 0.717) is 22.9 Å². The Balaban J connectivity index is 1.50. The van der Waals surface area contributed by atoms with Gasteiger partial charge in [0, 0.05) is 37.4 Å². The van der Waals surface area contributed by atoms with Crippen LogP contribution in [0.1, 0.15) is 15.9 Å². The van der Waals surface area contributed by atoms with Crippen molar-refractivity contribution < 1.29 is 9.53 Å². The number of carbonyl (C=O) groups excluding carboxylic acids is 1. The van der Waals surface area contributed by atoms with E-state index in [1.54, 1.807) is 24.5 Å². The van der Waals surface area contributed by atoms with E-state index >= 15 is 0 Å². The molecular formula is C18H24N6O2. The van der Waals surface area contributed by atoms with Crippen LogP contribution >= 0.6 is 0 Å². The number of nitrogen functional groups attached to an aromatic ring is 1. The molecule has 8 heteroatoms. The van der Waals surface area contributed by atoms with E-state index in [4.69, 9.17) is 10.5 Å². The predicted molar refractivity (Wildman–Crippen MR) is 101 cm³/mol. The molecule has 0 unspecified atom stereocenters. The molecule has 0 radical (unpaired) electrons. The zero-order chi connectivity index (χ0) is 18.4. The van der Waals surface area contributed by atoms with E-state index in [2.05, 4.69) is 25.5 Å². The second-order valence-electron chi connectivity index (χ2n) is 6.20. The summed E-state index contributed by atoms with van der Waals surface area (Å²) in [5.41, 5.74) is 8.25. The van der Waals surface area contributed by atoms with Crippen LogP contribution in [0.3, 0.4) is 0 Å². The molecule has 2 heterocycles. The molecule has 1 aromatic carbocycles. The number of morpholine rings is 1. The first kappa shape index (κ1) is 18.1. The zero-order valence-corrected chi connectivity index (χ0v) is 14.9. The van der Waals surface area contributed by atoms with Crippen LogP contribution in [0.15, 0.2) is 30.6 Å².